The Morgan fingerprint density at radius 1 is 1.37 bits per heavy atom. The maximum atomic E-state index is 11.7. The number of methoxy groups -OCH3 is 1. The van der Waals surface area contributed by atoms with Gasteiger partial charge in [-0.2, -0.15) is 0 Å². The lowest BCUT2D eigenvalue weighted by Crippen LogP contribution is -2.37. The molecule has 0 spiro atoms. The van der Waals surface area contributed by atoms with Crippen molar-refractivity contribution >= 4 is 17.7 Å². The molecule has 102 valence electrons. The molecule has 1 aliphatic carbocycles. The number of ether oxygens (including phenoxy) is 1. The van der Waals surface area contributed by atoms with E-state index in [0.29, 0.717) is 5.69 Å². The van der Waals surface area contributed by atoms with Crippen LogP contribution in [0.3, 0.4) is 0 Å². The first-order valence-electron chi connectivity index (χ1n) is 5.94. The van der Waals surface area contributed by atoms with Crippen molar-refractivity contribution in [2.45, 2.75) is 25.3 Å². The van der Waals surface area contributed by atoms with Crippen molar-refractivity contribution in [3.63, 3.8) is 0 Å². The van der Waals surface area contributed by atoms with Crippen LogP contribution in [0.2, 0.25) is 0 Å². The Labute approximate surface area is 110 Å². The fourth-order valence-electron chi connectivity index (χ4n) is 1.69. The van der Waals surface area contributed by atoms with E-state index in [0.717, 1.165) is 12.8 Å². The van der Waals surface area contributed by atoms with Gasteiger partial charge in [0.15, 0.2) is 0 Å². The predicted octanol–water partition coefficient (Wildman–Crippen LogP) is 2.07. The summed E-state index contributed by atoms with van der Waals surface area (Å²) in [6.07, 6.45) is 1.95. The van der Waals surface area contributed by atoms with E-state index in [2.05, 4.69) is 10.6 Å². The quantitative estimate of drug-likeness (QED) is 0.776. The van der Waals surface area contributed by atoms with Gasteiger partial charge >= 0.3 is 12.0 Å². The topological polar surface area (TPSA) is 87.7 Å². The summed E-state index contributed by atoms with van der Waals surface area (Å²) in [6.45, 7) is 1.97. The van der Waals surface area contributed by atoms with E-state index in [1.807, 2.05) is 6.92 Å². The Bertz CT molecular complexity index is 523. The summed E-state index contributed by atoms with van der Waals surface area (Å²) >= 11 is 0. The van der Waals surface area contributed by atoms with Gasteiger partial charge < -0.3 is 20.5 Å². The van der Waals surface area contributed by atoms with Crippen LogP contribution in [0, 0.1) is 0 Å². The first-order chi connectivity index (χ1) is 8.93. The van der Waals surface area contributed by atoms with Crippen molar-refractivity contribution in [1.29, 1.82) is 0 Å². The Balaban J connectivity index is 2.08. The summed E-state index contributed by atoms with van der Waals surface area (Å²) in [7, 11) is 1.39. The van der Waals surface area contributed by atoms with Crippen molar-refractivity contribution in [2.75, 3.05) is 12.4 Å². The number of carbonyl (C=O) groups is 2. The summed E-state index contributed by atoms with van der Waals surface area (Å²) in [5.41, 5.74) is 0.445. The van der Waals surface area contributed by atoms with Crippen molar-refractivity contribution in [3.05, 3.63) is 23.8 Å². The molecule has 0 radical (unpaired) electrons. The molecule has 0 aromatic heterocycles. The molecule has 1 aromatic carbocycles. The SMILES string of the molecule is COc1cc(NC(=O)NC2(C)CC2)ccc1C(=O)O. The van der Waals surface area contributed by atoms with E-state index in [1.54, 1.807) is 0 Å². The van der Waals surface area contributed by atoms with Gasteiger partial charge in [0.2, 0.25) is 0 Å². The standard InChI is InChI=1S/C13H16N2O4/c1-13(5-6-13)15-12(18)14-8-3-4-9(11(16)17)10(7-8)19-2/h3-4,7H,5-6H2,1-2H3,(H,16,17)(H2,14,15,18). The van der Waals surface area contributed by atoms with Crippen LogP contribution in [0.1, 0.15) is 30.1 Å². The predicted molar refractivity (Wildman–Crippen MR) is 69.7 cm³/mol. The number of rotatable bonds is 4. The van der Waals surface area contributed by atoms with Gasteiger partial charge in [0.1, 0.15) is 11.3 Å². The molecular weight excluding hydrogens is 248 g/mol. The van der Waals surface area contributed by atoms with Crippen LogP contribution in [-0.4, -0.2) is 29.8 Å². The largest absolute Gasteiger partial charge is 0.496 e. The minimum Gasteiger partial charge on any atom is -0.496 e. The first kappa shape index (κ1) is 13.2. The highest BCUT2D eigenvalue weighted by molar-refractivity contribution is 5.94. The second kappa shape index (κ2) is 4.79. The molecule has 0 atom stereocenters. The summed E-state index contributed by atoms with van der Waals surface area (Å²) in [5, 5.41) is 14.5. The Hall–Kier alpha value is -2.24. The smallest absolute Gasteiger partial charge is 0.339 e. The molecule has 0 aliphatic heterocycles. The molecule has 0 heterocycles. The number of carboxylic acids is 1. The van der Waals surface area contributed by atoms with Gasteiger partial charge in [-0.05, 0) is 31.9 Å². The third-order valence-electron chi connectivity index (χ3n) is 3.11. The van der Waals surface area contributed by atoms with E-state index >= 15 is 0 Å². The average molecular weight is 264 g/mol. The summed E-state index contributed by atoms with van der Waals surface area (Å²) in [4.78, 5) is 22.6. The zero-order valence-electron chi connectivity index (χ0n) is 10.8. The van der Waals surface area contributed by atoms with Crippen LogP contribution in [-0.2, 0) is 0 Å². The number of nitrogens with one attached hydrogen (secondary N) is 2. The van der Waals surface area contributed by atoms with E-state index in [1.165, 1.54) is 25.3 Å². The van der Waals surface area contributed by atoms with Gasteiger partial charge in [0.05, 0.1) is 7.11 Å². The van der Waals surface area contributed by atoms with Gasteiger partial charge in [-0.3, -0.25) is 0 Å². The van der Waals surface area contributed by atoms with Crippen LogP contribution in [0.15, 0.2) is 18.2 Å². The maximum Gasteiger partial charge on any atom is 0.339 e. The number of amides is 2. The number of carbonyl (C=O) groups excluding carboxylic acids is 1. The van der Waals surface area contributed by atoms with E-state index < -0.39 is 5.97 Å². The zero-order valence-corrected chi connectivity index (χ0v) is 10.8. The highest BCUT2D eigenvalue weighted by Crippen LogP contribution is 2.34. The lowest BCUT2D eigenvalue weighted by molar-refractivity contribution is 0.0693. The van der Waals surface area contributed by atoms with Crippen LogP contribution < -0.4 is 15.4 Å². The lowest BCUT2D eigenvalue weighted by atomic mass is 10.2. The number of anilines is 1. The Kier molecular flexibility index (Phi) is 3.33. The lowest BCUT2D eigenvalue weighted by Gasteiger charge is -2.13. The van der Waals surface area contributed by atoms with Crippen molar-refractivity contribution in [3.8, 4) is 5.75 Å². The summed E-state index contributed by atoms with van der Waals surface area (Å²) in [5.74, 6) is -0.860. The molecule has 0 saturated heterocycles. The van der Waals surface area contributed by atoms with Crippen molar-refractivity contribution in [2.24, 2.45) is 0 Å². The summed E-state index contributed by atoms with van der Waals surface area (Å²) < 4.78 is 4.99. The molecule has 1 saturated carbocycles. The Morgan fingerprint density at radius 3 is 2.58 bits per heavy atom. The third-order valence-corrected chi connectivity index (χ3v) is 3.11. The van der Waals surface area contributed by atoms with Crippen LogP contribution >= 0.6 is 0 Å². The highest BCUT2D eigenvalue weighted by Gasteiger charge is 2.38. The van der Waals surface area contributed by atoms with Crippen LogP contribution in [0.5, 0.6) is 5.75 Å². The van der Waals surface area contributed by atoms with Gasteiger partial charge in [-0.25, -0.2) is 9.59 Å². The van der Waals surface area contributed by atoms with E-state index in [4.69, 9.17) is 9.84 Å². The minimum atomic E-state index is -1.07. The molecule has 0 unspecified atom stereocenters. The fraction of sp³-hybridized carbons (Fsp3) is 0.385. The molecular formula is C13H16N2O4. The third kappa shape index (κ3) is 3.15. The normalized spacial score (nSPS) is 15.5. The molecule has 19 heavy (non-hydrogen) atoms. The maximum absolute atomic E-state index is 11.7. The van der Waals surface area contributed by atoms with E-state index in [9.17, 15) is 9.59 Å². The van der Waals surface area contributed by atoms with E-state index in [-0.39, 0.29) is 22.9 Å². The highest BCUT2D eigenvalue weighted by atomic mass is 16.5. The van der Waals surface area contributed by atoms with Gasteiger partial charge in [-0.15, -0.1) is 0 Å². The molecule has 0 bridgehead atoms. The number of urea groups is 1. The Morgan fingerprint density at radius 2 is 2.05 bits per heavy atom. The van der Waals surface area contributed by atoms with Gasteiger partial charge in [-0.1, -0.05) is 0 Å². The molecule has 6 heteroatoms. The summed E-state index contributed by atoms with van der Waals surface area (Å²) in [6, 6.07) is 4.11. The molecule has 2 rings (SSSR count). The number of benzene rings is 1. The van der Waals surface area contributed by atoms with Crippen molar-refractivity contribution < 1.29 is 19.4 Å². The second-order valence-electron chi connectivity index (χ2n) is 4.86. The number of aromatic carboxylic acids is 1. The fourth-order valence-corrected chi connectivity index (χ4v) is 1.69. The number of hydrogen-bond donors (Lipinski definition) is 3. The molecule has 1 aromatic rings. The number of carboxylic acid groups (broad SMARTS) is 1. The number of hydrogen-bond acceptors (Lipinski definition) is 3. The van der Waals surface area contributed by atoms with Crippen molar-refractivity contribution in [1.82, 2.24) is 5.32 Å². The molecule has 1 fully saturated rings. The zero-order chi connectivity index (χ0) is 14.0. The monoisotopic (exact) mass is 264 g/mol. The van der Waals surface area contributed by atoms with Crippen LogP contribution in [0.25, 0.3) is 0 Å². The first-order valence-corrected chi connectivity index (χ1v) is 5.94. The van der Waals surface area contributed by atoms with Gasteiger partial charge in [0, 0.05) is 17.3 Å². The van der Waals surface area contributed by atoms with Gasteiger partial charge in [0.25, 0.3) is 0 Å². The van der Waals surface area contributed by atoms with Crippen LogP contribution in [0.4, 0.5) is 10.5 Å². The molecule has 2 amide bonds. The molecule has 1 aliphatic rings. The minimum absolute atomic E-state index is 0.0580. The average Bonchev–Trinajstić information content (AvgIpc) is 3.05. The molecule has 3 N–H and O–H groups in total. The second-order valence-corrected chi connectivity index (χ2v) is 4.86. The molecule has 6 nitrogen and oxygen atoms in total.